The maximum absolute atomic E-state index is 12.7. The normalized spacial score (nSPS) is 19.9. The van der Waals surface area contributed by atoms with Gasteiger partial charge in [0.2, 0.25) is 5.60 Å². The molecule has 4 aromatic rings. The zero-order valence-corrected chi connectivity index (χ0v) is 20.1. The molecule has 6 rings (SSSR count). The Balaban J connectivity index is 1.40. The van der Waals surface area contributed by atoms with Gasteiger partial charge in [-0.05, 0) is 55.5 Å². The van der Waals surface area contributed by atoms with Crippen LogP contribution in [0.25, 0.3) is 27.8 Å². The van der Waals surface area contributed by atoms with Crippen LogP contribution in [-0.4, -0.2) is 57.0 Å². The van der Waals surface area contributed by atoms with E-state index in [0.717, 1.165) is 35.0 Å². The van der Waals surface area contributed by atoms with E-state index in [2.05, 4.69) is 16.3 Å². The van der Waals surface area contributed by atoms with Crippen LogP contribution in [0.1, 0.15) is 53.9 Å². The summed E-state index contributed by atoms with van der Waals surface area (Å²) in [7, 11) is 1.65. The number of aromatic nitrogens is 3. The van der Waals surface area contributed by atoms with Gasteiger partial charge in [-0.15, -0.1) is 0 Å². The monoisotopic (exact) mass is 486 g/mol. The minimum absolute atomic E-state index is 0.124. The van der Waals surface area contributed by atoms with E-state index in [9.17, 15) is 14.7 Å². The molecule has 1 atom stereocenters. The van der Waals surface area contributed by atoms with Crippen LogP contribution in [0.4, 0.5) is 0 Å². The highest BCUT2D eigenvalue weighted by molar-refractivity contribution is 6.03. The quantitative estimate of drug-likeness (QED) is 0.413. The van der Waals surface area contributed by atoms with Crippen molar-refractivity contribution in [1.29, 1.82) is 0 Å². The summed E-state index contributed by atoms with van der Waals surface area (Å²) in [6.07, 6.45) is 2.57. The third kappa shape index (κ3) is 3.58. The molecule has 184 valence electrons. The Morgan fingerprint density at radius 2 is 2.06 bits per heavy atom. The second-order valence-corrected chi connectivity index (χ2v) is 9.50. The Bertz CT molecular complexity index is 1500. The molecule has 1 N–H and O–H groups in total. The minimum Gasteiger partial charge on any atom is -0.461 e. The largest absolute Gasteiger partial charge is 0.461 e. The topological polar surface area (TPSA) is 111 Å². The van der Waals surface area contributed by atoms with Gasteiger partial charge in [-0.25, -0.2) is 9.48 Å². The maximum atomic E-state index is 12.7. The fraction of sp³-hybridized carbons (Fsp3) is 0.333. The number of carbonyl (C=O) groups excluding carboxylic acids is 2. The summed E-state index contributed by atoms with van der Waals surface area (Å²) >= 11 is 0. The molecule has 2 aliphatic rings. The van der Waals surface area contributed by atoms with Crippen molar-refractivity contribution in [1.82, 2.24) is 19.8 Å². The molecule has 3 heterocycles. The Kier molecular flexibility index (Phi) is 5.19. The number of likely N-dealkylation sites (N-methyl/N-ethyl adjacent to an activating group) is 1. The molecule has 1 saturated carbocycles. The molecule has 2 fully saturated rings. The summed E-state index contributed by atoms with van der Waals surface area (Å²) in [5.74, 6) is -0.192. The summed E-state index contributed by atoms with van der Waals surface area (Å²) in [4.78, 5) is 26.6. The predicted molar refractivity (Wildman–Crippen MR) is 131 cm³/mol. The second-order valence-electron chi connectivity index (χ2n) is 9.50. The van der Waals surface area contributed by atoms with Crippen LogP contribution in [0, 0.1) is 0 Å². The van der Waals surface area contributed by atoms with Crippen LogP contribution >= 0.6 is 0 Å². The van der Waals surface area contributed by atoms with Gasteiger partial charge in [0.1, 0.15) is 5.69 Å². The number of likely N-dealkylation sites (tertiary alicyclic amines) is 1. The second kappa shape index (κ2) is 8.30. The van der Waals surface area contributed by atoms with Crippen molar-refractivity contribution in [3.63, 3.8) is 0 Å². The lowest BCUT2D eigenvalue weighted by Crippen LogP contribution is -2.35. The van der Waals surface area contributed by atoms with Gasteiger partial charge in [0, 0.05) is 37.0 Å². The lowest BCUT2D eigenvalue weighted by atomic mass is 9.98. The van der Waals surface area contributed by atoms with Crippen LogP contribution in [0.15, 0.2) is 53.1 Å². The van der Waals surface area contributed by atoms with E-state index in [1.807, 2.05) is 36.4 Å². The van der Waals surface area contributed by atoms with Crippen LogP contribution in [0.5, 0.6) is 0 Å². The Morgan fingerprint density at radius 1 is 1.22 bits per heavy atom. The number of amides is 1. The van der Waals surface area contributed by atoms with E-state index in [4.69, 9.17) is 9.26 Å². The average molecular weight is 487 g/mol. The number of hydrogen-bond donors (Lipinski definition) is 1. The number of esters is 1. The summed E-state index contributed by atoms with van der Waals surface area (Å²) in [5, 5.41) is 20.4. The Labute approximate surface area is 207 Å². The van der Waals surface area contributed by atoms with Crippen molar-refractivity contribution in [2.45, 2.75) is 37.7 Å². The van der Waals surface area contributed by atoms with Crippen LogP contribution in [0.3, 0.4) is 0 Å². The van der Waals surface area contributed by atoms with Crippen molar-refractivity contribution < 1.29 is 24.0 Å². The zero-order chi connectivity index (χ0) is 25.0. The highest BCUT2D eigenvalue weighted by Gasteiger charge is 2.48. The lowest BCUT2D eigenvalue weighted by Gasteiger charge is -2.16. The van der Waals surface area contributed by atoms with Gasteiger partial charge in [0.15, 0.2) is 11.5 Å². The first-order valence-corrected chi connectivity index (χ1v) is 12.1. The first-order valence-electron chi connectivity index (χ1n) is 12.1. The summed E-state index contributed by atoms with van der Waals surface area (Å²) in [5.41, 5.74) is 2.53. The number of nitrogens with zero attached hydrogens (tertiary/aromatic N) is 4. The van der Waals surface area contributed by atoms with Gasteiger partial charge < -0.3 is 19.3 Å². The molecule has 9 heteroatoms. The molecular weight excluding hydrogens is 460 g/mol. The molecule has 36 heavy (non-hydrogen) atoms. The third-order valence-electron chi connectivity index (χ3n) is 7.04. The van der Waals surface area contributed by atoms with Gasteiger partial charge in [0.25, 0.3) is 5.91 Å². The Hall–Kier alpha value is -3.98. The molecule has 1 amide bonds. The molecule has 1 aliphatic heterocycles. The molecule has 2 aromatic carbocycles. The first kappa shape index (κ1) is 22.5. The summed E-state index contributed by atoms with van der Waals surface area (Å²) < 4.78 is 12.4. The number of ether oxygens (including phenoxy) is 1. The van der Waals surface area contributed by atoms with E-state index < -0.39 is 17.5 Å². The van der Waals surface area contributed by atoms with E-state index in [1.54, 1.807) is 24.7 Å². The van der Waals surface area contributed by atoms with E-state index in [-0.39, 0.29) is 24.5 Å². The number of benzene rings is 2. The van der Waals surface area contributed by atoms with E-state index in [0.29, 0.717) is 18.2 Å². The fourth-order valence-corrected chi connectivity index (χ4v) is 4.84. The number of fused-ring (bicyclic) bond motifs is 1. The van der Waals surface area contributed by atoms with Gasteiger partial charge in [-0.2, -0.15) is 5.10 Å². The molecule has 0 unspecified atom stereocenters. The molecular formula is C27H26N4O5. The van der Waals surface area contributed by atoms with Crippen molar-refractivity contribution >= 4 is 22.8 Å². The summed E-state index contributed by atoms with van der Waals surface area (Å²) in [6.45, 7) is 2.48. The number of hydrogen-bond acceptors (Lipinski definition) is 7. The zero-order valence-electron chi connectivity index (χ0n) is 20.1. The summed E-state index contributed by atoms with van der Waals surface area (Å²) in [6, 6.07) is 15.2. The molecule has 1 saturated heterocycles. The molecule has 0 radical (unpaired) electrons. The van der Waals surface area contributed by atoms with E-state index in [1.165, 1.54) is 10.5 Å². The number of carbonyl (C=O) groups is 2. The molecule has 1 aliphatic carbocycles. The number of rotatable bonds is 6. The standard InChI is InChI=1S/C27H26N4O5/c1-3-35-25(32)24-20-14-17(16-7-8-16)9-10-22(20)31(28-24)19-6-4-5-18(13-19)21-15-23(36-29-21)27(34)11-12-30(2)26(27)33/h4-6,9-10,13-16,34H,3,7-8,11-12H2,1-2H3/t27-/m1/s1. The van der Waals surface area contributed by atoms with Gasteiger partial charge in [0.05, 0.1) is 17.8 Å². The van der Waals surface area contributed by atoms with Gasteiger partial charge in [-0.1, -0.05) is 23.4 Å². The highest BCUT2D eigenvalue weighted by atomic mass is 16.5. The Morgan fingerprint density at radius 3 is 2.78 bits per heavy atom. The van der Waals surface area contributed by atoms with Crippen molar-refractivity contribution in [2.75, 3.05) is 20.2 Å². The lowest BCUT2D eigenvalue weighted by molar-refractivity contribution is -0.144. The highest BCUT2D eigenvalue weighted by Crippen LogP contribution is 2.41. The molecule has 9 nitrogen and oxygen atoms in total. The fourth-order valence-electron chi connectivity index (χ4n) is 4.84. The maximum Gasteiger partial charge on any atom is 0.359 e. The number of aliphatic hydroxyl groups is 1. The van der Waals surface area contributed by atoms with Crippen LogP contribution in [0.2, 0.25) is 0 Å². The van der Waals surface area contributed by atoms with Gasteiger partial charge in [-0.3, -0.25) is 4.79 Å². The van der Waals surface area contributed by atoms with Gasteiger partial charge >= 0.3 is 5.97 Å². The minimum atomic E-state index is -1.70. The molecule has 0 spiro atoms. The smallest absolute Gasteiger partial charge is 0.359 e. The average Bonchev–Trinajstić information content (AvgIpc) is 3.39. The van der Waals surface area contributed by atoms with E-state index >= 15 is 0 Å². The molecule has 0 bridgehead atoms. The molecule has 2 aromatic heterocycles. The van der Waals surface area contributed by atoms with Crippen molar-refractivity contribution in [3.8, 4) is 16.9 Å². The first-order chi connectivity index (χ1) is 17.4. The van der Waals surface area contributed by atoms with Crippen molar-refractivity contribution in [2.24, 2.45) is 0 Å². The predicted octanol–water partition coefficient (Wildman–Crippen LogP) is 3.78. The van der Waals surface area contributed by atoms with Crippen molar-refractivity contribution in [3.05, 3.63) is 65.5 Å². The van der Waals surface area contributed by atoms with Crippen LogP contribution in [-0.2, 0) is 15.1 Å². The third-order valence-corrected chi connectivity index (χ3v) is 7.04. The SMILES string of the molecule is CCOC(=O)c1nn(-c2cccc(-c3cc([C@]4(O)CCN(C)C4=O)on3)c2)c2ccc(C3CC3)cc12. The van der Waals surface area contributed by atoms with Crippen LogP contribution < -0.4 is 0 Å².